The van der Waals surface area contributed by atoms with E-state index in [0.29, 0.717) is 6.04 Å². The lowest BCUT2D eigenvalue weighted by atomic mass is 10.1. The summed E-state index contributed by atoms with van der Waals surface area (Å²) >= 11 is 0. The molecule has 0 amide bonds. The molecule has 0 spiro atoms. The Kier molecular flexibility index (Phi) is 4.74. The van der Waals surface area contributed by atoms with E-state index in [1.54, 1.807) is 0 Å². The first-order valence-corrected chi connectivity index (χ1v) is 5.56. The second kappa shape index (κ2) is 5.86. The molecule has 0 aliphatic rings. The van der Waals surface area contributed by atoms with E-state index in [1.165, 1.54) is 24.8 Å². The molecule has 2 heteroatoms. The minimum atomic E-state index is 0.470. The largest absolute Gasteiger partial charge is 0.469 e. The van der Waals surface area contributed by atoms with Gasteiger partial charge in [-0.05, 0) is 32.4 Å². The average molecular weight is 195 g/mol. The smallest absolute Gasteiger partial charge is 0.101 e. The Morgan fingerprint density at radius 2 is 2.14 bits per heavy atom. The molecule has 0 saturated carbocycles. The predicted molar refractivity (Wildman–Crippen MR) is 59.4 cm³/mol. The third-order valence-corrected chi connectivity index (χ3v) is 2.37. The first kappa shape index (κ1) is 11.3. The van der Waals surface area contributed by atoms with Crippen molar-refractivity contribution in [2.75, 3.05) is 6.54 Å². The molecule has 1 aromatic heterocycles. The third kappa shape index (κ3) is 3.18. The summed E-state index contributed by atoms with van der Waals surface area (Å²) in [5.41, 5.74) is 1.29. The number of rotatable bonds is 6. The Hall–Kier alpha value is -0.760. The minimum Gasteiger partial charge on any atom is -0.469 e. The molecule has 0 saturated heterocycles. The highest BCUT2D eigenvalue weighted by Crippen LogP contribution is 2.20. The average Bonchev–Trinajstić information content (AvgIpc) is 2.59. The Balaban J connectivity index is 2.57. The Labute approximate surface area is 86.7 Å². The van der Waals surface area contributed by atoms with Crippen molar-refractivity contribution in [1.82, 2.24) is 5.32 Å². The lowest BCUT2D eigenvalue weighted by Gasteiger charge is -2.15. The van der Waals surface area contributed by atoms with Crippen LogP contribution in [0.2, 0.25) is 0 Å². The van der Waals surface area contributed by atoms with Gasteiger partial charge in [0, 0.05) is 11.6 Å². The first-order chi connectivity index (χ1) is 6.77. The van der Waals surface area contributed by atoms with E-state index >= 15 is 0 Å². The van der Waals surface area contributed by atoms with Gasteiger partial charge in [-0.2, -0.15) is 0 Å². The lowest BCUT2D eigenvalue weighted by molar-refractivity contribution is 0.480. The van der Waals surface area contributed by atoms with Gasteiger partial charge in [-0.1, -0.05) is 20.3 Å². The summed E-state index contributed by atoms with van der Waals surface area (Å²) in [7, 11) is 0. The van der Waals surface area contributed by atoms with Crippen molar-refractivity contribution in [1.29, 1.82) is 0 Å². The summed E-state index contributed by atoms with van der Waals surface area (Å²) in [5.74, 6) is 0.999. The van der Waals surface area contributed by atoms with Crippen molar-refractivity contribution in [3.8, 4) is 0 Å². The summed E-state index contributed by atoms with van der Waals surface area (Å²) in [5, 5.41) is 3.54. The van der Waals surface area contributed by atoms with Gasteiger partial charge >= 0.3 is 0 Å². The maximum Gasteiger partial charge on any atom is 0.101 e. The number of hydrogen-bond acceptors (Lipinski definition) is 2. The first-order valence-electron chi connectivity index (χ1n) is 5.56. The van der Waals surface area contributed by atoms with Crippen molar-refractivity contribution >= 4 is 0 Å². The SMILES string of the molecule is CCCNC(CCC)c1coc(C)c1. The molecule has 2 nitrogen and oxygen atoms in total. The van der Waals surface area contributed by atoms with Crippen LogP contribution in [0.3, 0.4) is 0 Å². The van der Waals surface area contributed by atoms with Crippen LogP contribution in [0.1, 0.15) is 50.5 Å². The second-order valence-corrected chi connectivity index (χ2v) is 3.79. The predicted octanol–water partition coefficient (Wildman–Crippen LogP) is 3.43. The number of hydrogen-bond donors (Lipinski definition) is 1. The van der Waals surface area contributed by atoms with Crippen molar-refractivity contribution in [2.45, 2.75) is 46.1 Å². The quantitative estimate of drug-likeness (QED) is 0.752. The molecular formula is C12H21NO. The lowest BCUT2D eigenvalue weighted by Crippen LogP contribution is -2.21. The fraction of sp³-hybridized carbons (Fsp3) is 0.667. The topological polar surface area (TPSA) is 25.2 Å². The van der Waals surface area contributed by atoms with Crippen LogP contribution < -0.4 is 5.32 Å². The molecule has 1 atom stereocenters. The van der Waals surface area contributed by atoms with Crippen LogP contribution in [0.4, 0.5) is 0 Å². The van der Waals surface area contributed by atoms with Gasteiger partial charge in [-0.25, -0.2) is 0 Å². The van der Waals surface area contributed by atoms with Crippen molar-refractivity contribution in [3.05, 3.63) is 23.7 Å². The molecule has 0 aliphatic heterocycles. The van der Waals surface area contributed by atoms with Crippen molar-refractivity contribution < 1.29 is 4.42 Å². The summed E-state index contributed by atoms with van der Waals surface area (Å²) in [6.45, 7) is 7.48. The molecule has 1 rings (SSSR count). The number of aryl methyl sites for hydroxylation is 1. The minimum absolute atomic E-state index is 0.470. The van der Waals surface area contributed by atoms with Crippen LogP contribution in [-0.2, 0) is 0 Å². The van der Waals surface area contributed by atoms with Crippen LogP contribution in [-0.4, -0.2) is 6.54 Å². The van der Waals surface area contributed by atoms with Crippen LogP contribution in [0.15, 0.2) is 16.7 Å². The van der Waals surface area contributed by atoms with E-state index in [4.69, 9.17) is 4.42 Å². The summed E-state index contributed by atoms with van der Waals surface area (Å²) in [4.78, 5) is 0. The molecule has 1 aromatic rings. The standard InChI is InChI=1S/C12H21NO/c1-4-6-12(13-7-5-2)11-8-10(3)14-9-11/h8-9,12-13H,4-7H2,1-3H3. The molecule has 0 aromatic carbocycles. The van der Waals surface area contributed by atoms with Gasteiger partial charge < -0.3 is 9.73 Å². The van der Waals surface area contributed by atoms with Crippen molar-refractivity contribution in [3.63, 3.8) is 0 Å². The molecule has 0 aliphatic carbocycles. The fourth-order valence-corrected chi connectivity index (χ4v) is 1.64. The monoisotopic (exact) mass is 195 g/mol. The van der Waals surface area contributed by atoms with Gasteiger partial charge in [0.1, 0.15) is 5.76 Å². The molecule has 1 N–H and O–H groups in total. The maximum atomic E-state index is 5.33. The molecule has 0 bridgehead atoms. The van der Waals surface area contributed by atoms with Gasteiger partial charge in [0.2, 0.25) is 0 Å². The van der Waals surface area contributed by atoms with E-state index < -0.39 is 0 Å². The Morgan fingerprint density at radius 1 is 1.36 bits per heavy atom. The summed E-state index contributed by atoms with van der Waals surface area (Å²) < 4.78 is 5.33. The highest BCUT2D eigenvalue weighted by Gasteiger charge is 2.11. The molecule has 14 heavy (non-hydrogen) atoms. The molecular weight excluding hydrogens is 174 g/mol. The molecule has 0 radical (unpaired) electrons. The molecule has 1 heterocycles. The molecule has 0 fully saturated rings. The maximum absolute atomic E-state index is 5.33. The summed E-state index contributed by atoms with van der Waals surface area (Å²) in [6.07, 6.45) is 5.43. The summed E-state index contributed by atoms with van der Waals surface area (Å²) in [6, 6.07) is 2.60. The highest BCUT2D eigenvalue weighted by atomic mass is 16.3. The van der Waals surface area contributed by atoms with Gasteiger partial charge in [0.05, 0.1) is 6.26 Å². The van der Waals surface area contributed by atoms with Crippen LogP contribution in [0.25, 0.3) is 0 Å². The number of furan rings is 1. The van der Waals surface area contributed by atoms with E-state index in [1.807, 2.05) is 13.2 Å². The highest BCUT2D eigenvalue weighted by molar-refractivity contribution is 5.16. The number of nitrogens with one attached hydrogen (secondary N) is 1. The zero-order valence-electron chi connectivity index (χ0n) is 9.47. The van der Waals surface area contributed by atoms with E-state index in [2.05, 4.69) is 25.2 Å². The molecule has 80 valence electrons. The van der Waals surface area contributed by atoms with Crippen molar-refractivity contribution in [2.24, 2.45) is 0 Å². The third-order valence-electron chi connectivity index (χ3n) is 2.37. The van der Waals surface area contributed by atoms with Crippen LogP contribution in [0, 0.1) is 6.92 Å². The second-order valence-electron chi connectivity index (χ2n) is 3.79. The van der Waals surface area contributed by atoms with Gasteiger partial charge in [0.15, 0.2) is 0 Å². The van der Waals surface area contributed by atoms with E-state index in [9.17, 15) is 0 Å². The van der Waals surface area contributed by atoms with Gasteiger partial charge in [-0.3, -0.25) is 0 Å². The zero-order valence-corrected chi connectivity index (χ0v) is 9.47. The normalized spacial score (nSPS) is 13.1. The van der Waals surface area contributed by atoms with Crippen LogP contribution in [0.5, 0.6) is 0 Å². The zero-order chi connectivity index (χ0) is 10.4. The molecule has 1 unspecified atom stereocenters. The Morgan fingerprint density at radius 3 is 2.64 bits per heavy atom. The fourth-order valence-electron chi connectivity index (χ4n) is 1.64. The van der Waals surface area contributed by atoms with E-state index in [-0.39, 0.29) is 0 Å². The van der Waals surface area contributed by atoms with Gasteiger partial charge in [-0.15, -0.1) is 0 Å². The van der Waals surface area contributed by atoms with Crippen LogP contribution >= 0.6 is 0 Å². The van der Waals surface area contributed by atoms with Gasteiger partial charge in [0.25, 0.3) is 0 Å². The Bertz CT molecular complexity index is 255. The van der Waals surface area contributed by atoms with E-state index in [0.717, 1.165) is 12.3 Å².